The van der Waals surface area contributed by atoms with Crippen LogP contribution in [0.3, 0.4) is 0 Å². The monoisotopic (exact) mass is 325 g/mol. The van der Waals surface area contributed by atoms with Crippen LogP contribution >= 0.6 is 12.4 Å². The fourth-order valence-corrected chi connectivity index (χ4v) is 2.16. The van der Waals surface area contributed by atoms with Gasteiger partial charge < -0.3 is 5.32 Å². The first kappa shape index (κ1) is 16.6. The lowest BCUT2D eigenvalue weighted by Gasteiger charge is -2.08. The Morgan fingerprint density at radius 3 is 2.48 bits per heavy atom. The van der Waals surface area contributed by atoms with E-state index in [9.17, 15) is 4.79 Å². The average molecular weight is 326 g/mol. The highest BCUT2D eigenvalue weighted by Crippen LogP contribution is 2.21. The molecule has 0 atom stereocenters. The number of aromatic nitrogens is 2. The van der Waals surface area contributed by atoms with Gasteiger partial charge in [-0.05, 0) is 19.1 Å². The first-order valence-corrected chi connectivity index (χ1v) is 6.98. The van der Waals surface area contributed by atoms with Gasteiger partial charge in [0.1, 0.15) is 12.1 Å². The van der Waals surface area contributed by atoms with E-state index < -0.39 is 0 Å². The van der Waals surface area contributed by atoms with Crippen molar-refractivity contribution in [3.63, 3.8) is 0 Å². The third kappa shape index (κ3) is 4.14. The average Bonchev–Trinajstić information content (AvgIpc) is 2.56. The number of Topliss-reactive ketones (excluding diaryl/α,β-unsaturated/α-hetero) is 1. The standard InChI is InChI=1S/C18H15N3O.ClH/c1-13(22)15-8-5-9-16(10-15)21-18-11-17(19-12-20-18)14-6-3-2-4-7-14;/h2-12H,1H3,(H,19,20,21);1H. The van der Waals surface area contributed by atoms with Gasteiger partial charge in [-0.25, -0.2) is 9.97 Å². The Morgan fingerprint density at radius 1 is 0.957 bits per heavy atom. The Kier molecular flexibility index (Phi) is 5.44. The Balaban J connectivity index is 0.00000192. The van der Waals surface area contributed by atoms with Gasteiger partial charge in [0.2, 0.25) is 0 Å². The first-order chi connectivity index (χ1) is 10.7. The number of hydrogen-bond acceptors (Lipinski definition) is 4. The number of nitrogens with zero attached hydrogens (tertiary/aromatic N) is 2. The maximum atomic E-state index is 11.4. The molecule has 116 valence electrons. The van der Waals surface area contributed by atoms with Crippen molar-refractivity contribution >= 4 is 29.7 Å². The van der Waals surface area contributed by atoms with Gasteiger partial charge in [0.15, 0.2) is 5.78 Å². The molecule has 0 aliphatic rings. The summed E-state index contributed by atoms with van der Waals surface area (Å²) in [6.45, 7) is 1.55. The second kappa shape index (κ2) is 7.51. The van der Waals surface area contributed by atoms with E-state index in [4.69, 9.17) is 0 Å². The quantitative estimate of drug-likeness (QED) is 0.717. The van der Waals surface area contributed by atoms with Crippen LogP contribution in [0.5, 0.6) is 0 Å². The van der Waals surface area contributed by atoms with Crippen LogP contribution in [0.2, 0.25) is 0 Å². The molecule has 0 aliphatic carbocycles. The van der Waals surface area contributed by atoms with Crippen LogP contribution in [0.1, 0.15) is 17.3 Å². The number of halogens is 1. The Bertz CT molecular complexity index is 806. The second-order valence-corrected chi connectivity index (χ2v) is 4.92. The van der Waals surface area contributed by atoms with E-state index in [2.05, 4.69) is 15.3 Å². The number of carbonyl (C=O) groups is 1. The molecule has 0 saturated carbocycles. The summed E-state index contributed by atoms with van der Waals surface area (Å²) in [5.41, 5.74) is 3.37. The van der Waals surface area contributed by atoms with Gasteiger partial charge in [-0.3, -0.25) is 4.79 Å². The molecule has 4 nitrogen and oxygen atoms in total. The van der Waals surface area contributed by atoms with Crippen LogP contribution in [0.4, 0.5) is 11.5 Å². The molecule has 5 heteroatoms. The molecule has 0 bridgehead atoms. The molecule has 1 aromatic heterocycles. The molecule has 0 aliphatic heterocycles. The van der Waals surface area contributed by atoms with E-state index in [0.29, 0.717) is 11.4 Å². The lowest BCUT2D eigenvalue weighted by atomic mass is 10.1. The van der Waals surface area contributed by atoms with E-state index in [1.165, 1.54) is 6.33 Å². The largest absolute Gasteiger partial charge is 0.340 e. The molecule has 0 unspecified atom stereocenters. The van der Waals surface area contributed by atoms with Crippen LogP contribution in [0, 0.1) is 0 Å². The van der Waals surface area contributed by atoms with E-state index >= 15 is 0 Å². The molecule has 0 fully saturated rings. The van der Waals surface area contributed by atoms with E-state index in [1.807, 2.05) is 54.6 Å². The first-order valence-electron chi connectivity index (χ1n) is 6.98. The van der Waals surface area contributed by atoms with Crippen molar-refractivity contribution in [3.8, 4) is 11.3 Å². The summed E-state index contributed by atoms with van der Waals surface area (Å²) in [4.78, 5) is 20.0. The normalized spacial score (nSPS) is 9.78. The SMILES string of the molecule is CC(=O)c1cccc(Nc2cc(-c3ccccc3)ncn2)c1.Cl. The number of hydrogen-bond donors (Lipinski definition) is 1. The molecule has 23 heavy (non-hydrogen) atoms. The third-order valence-electron chi connectivity index (χ3n) is 3.28. The molecule has 1 heterocycles. The molecule has 0 spiro atoms. The van der Waals surface area contributed by atoms with Crippen molar-refractivity contribution in [2.75, 3.05) is 5.32 Å². The van der Waals surface area contributed by atoms with Crippen molar-refractivity contribution in [2.45, 2.75) is 6.92 Å². The van der Waals surface area contributed by atoms with E-state index in [1.54, 1.807) is 13.0 Å². The maximum absolute atomic E-state index is 11.4. The molecular formula is C18H16ClN3O. The molecule has 1 N–H and O–H groups in total. The molecule has 0 saturated heterocycles. The lowest BCUT2D eigenvalue weighted by molar-refractivity contribution is 0.101. The van der Waals surface area contributed by atoms with Crippen molar-refractivity contribution in [1.29, 1.82) is 0 Å². The third-order valence-corrected chi connectivity index (χ3v) is 3.28. The molecule has 3 rings (SSSR count). The van der Waals surface area contributed by atoms with E-state index in [-0.39, 0.29) is 18.2 Å². The van der Waals surface area contributed by atoms with Crippen LogP contribution < -0.4 is 5.32 Å². The predicted octanol–water partition coefficient (Wildman–Crippen LogP) is 4.51. The topological polar surface area (TPSA) is 54.9 Å². The maximum Gasteiger partial charge on any atom is 0.159 e. The molecule has 0 amide bonds. The summed E-state index contributed by atoms with van der Waals surface area (Å²) in [6, 6.07) is 19.2. The molecule has 0 radical (unpaired) electrons. The smallest absolute Gasteiger partial charge is 0.159 e. The number of carbonyl (C=O) groups excluding carboxylic acids is 1. The number of anilines is 2. The highest BCUT2D eigenvalue weighted by molar-refractivity contribution is 5.95. The Labute approximate surface area is 141 Å². The highest BCUT2D eigenvalue weighted by atomic mass is 35.5. The fraction of sp³-hybridized carbons (Fsp3) is 0.0556. The zero-order valence-electron chi connectivity index (χ0n) is 12.6. The van der Waals surface area contributed by atoms with E-state index in [0.717, 1.165) is 16.9 Å². The van der Waals surface area contributed by atoms with Gasteiger partial charge in [-0.2, -0.15) is 0 Å². The molecule has 2 aromatic carbocycles. The van der Waals surface area contributed by atoms with Crippen molar-refractivity contribution < 1.29 is 4.79 Å². The number of ketones is 1. The van der Waals surface area contributed by atoms with Crippen LogP contribution in [-0.4, -0.2) is 15.8 Å². The van der Waals surface area contributed by atoms with Gasteiger partial charge in [-0.1, -0.05) is 42.5 Å². The molecule has 3 aromatic rings. The minimum atomic E-state index is 0. The Hall–Kier alpha value is -2.72. The summed E-state index contributed by atoms with van der Waals surface area (Å²) >= 11 is 0. The zero-order chi connectivity index (χ0) is 15.4. The van der Waals surface area contributed by atoms with Gasteiger partial charge in [0, 0.05) is 22.9 Å². The highest BCUT2D eigenvalue weighted by Gasteiger charge is 2.04. The van der Waals surface area contributed by atoms with Crippen molar-refractivity contribution in [1.82, 2.24) is 9.97 Å². The summed E-state index contributed by atoms with van der Waals surface area (Å²) < 4.78 is 0. The summed E-state index contributed by atoms with van der Waals surface area (Å²) in [7, 11) is 0. The van der Waals surface area contributed by atoms with Gasteiger partial charge in [-0.15, -0.1) is 12.4 Å². The van der Waals surface area contributed by atoms with Crippen molar-refractivity contribution in [3.05, 3.63) is 72.6 Å². The van der Waals surface area contributed by atoms with Crippen LogP contribution in [-0.2, 0) is 0 Å². The number of rotatable bonds is 4. The second-order valence-electron chi connectivity index (χ2n) is 4.92. The summed E-state index contributed by atoms with van der Waals surface area (Å²) in [5.74, 6) is 0.728. The number of benzene rings is 2. The molecular weight excluding hydrogens is 310 g/mol. The summed E-state index contributed by atoms with van der Waals surface area (Å²) in [5, 5.41) is 3.21. The summed E-state index contributed by atoms with van der Waals surface area (Å²) in [6.07, 6.45) is 1.53. The van der Waals surface area contributed by atoms with Gasteiger partial charge in [0.25, 0.3) is 0 Å². The van der Waals surface area contributed by atoms with Crippen LogP contribution in [0.15, 0.2) is 67.0 Å². The predicted molar refractivity (Wildman–Crippen MR) is 94.4 cm³/mol. The van der Waals surface area contributed by atoms with Crippen LogP contribution in [0.25, 0.3) is 11.3 Å². The van der Waals surface area contributed by atoms with Gasteiger partial charge in [0.05, 0.1) is 5.69 Å². The minimum Gasteiger partial charge on any atom is -0.340 e. The minimum absolute atomic E-state index is 0. The van der Waals surface area contributed by atoms with Crippen molar-refractivity contribution in [2.24, 2.45) is 0 Å². The van der Waals surface area contributed by atoms with Gasteiger partial charge >= 0.3 is 0 Å². The lowest BCUT2D eigenvalue weighted by Crippen LogP contribution is -1.98. The number of nitrogens with one attached hydrogen (secondary N) is 1. The fourth-order valence-electron chi connectivity index (χ4n) is 2.16. The zero-order valence-corrected chi connectivity index (χ0v) is 13.4. The Morgan fingerprint density at radius 2 is 1.74 bits per heavy atom.